The lowest BCUT2D eigenvalue weighted by Crippen LogP contribution is -2.43. The summed E-state index contributed by atoms with van der Waals surface area (Å²) in [4.78, 5) is 14.7. The second-order valence-electron chi connectivity index (χ2n) is 6.31. The van der Waals surface area contributed by atoms with Gasteiger partial charge in [-0.1, -0.05) is 48.2 Å². The molecule has 0 saturated heterocycles. The maximum absolute atomic E-state index is 12.8. The average molecular weight is 365 g/mol. The van der Waals surface area contributed by atoms with Crippen LogP contribution in [-0.4, -0.2) is 27.9 Å². The highest BCUT2D eigenvalue weighted by Gasteiger charge is 2.28. The van der Waals surface area contributed by atoms with Gasteiger partial charge in [0.15, 0.2) is 0 Å². The molecule has 0 spiro atoms. The van der Waals surface area contributed by atoms with Crippen molar-refractivity contribution in [2.24, 2.45) is 0 Å². The number of aromatic nitrogens is 2. The third-order valence-electron chi connectivity index (χ3n) is 4.54. The predicted octanol–water partition coefficient (Wildman–Crippen LogP) is 4.20. The number of carbonyl (C=O) groups excluding carboxylic acids is 1. The second-order valence-corrected chi connectivity index (χ2v) is 7.23. The van der Waals surface area contributed by atoms with Crippen LogP contribution in [-0.2, 0) is 11.2 Å². The van der Waals surface area contributed by atoms with Gasteiger partial charge in [-0.15, -0.1) is 10.2 Å². The standard InChI is InChI=1S/C20H19N3O2S/c1-14-11-12-15-7-5-6-10-17(15)23(14)18(24)13-26-20-22-21-19(25-20)16-8-3-2-4-9-16/h2-10,14H,11-13H2,1H3. The molecule has 0 aliphatic carbocycles. The first-order valence-corrected chi connectivity index (χ1v) is 9.62. The topological polar surface area (TPSA) is 59.2 Å². The number of hydrogen-bond acceptors (Lipinski definition) is 5. The van der Waals surface area contributed by atoms with E-state index in [2.05, 4.69) is 23.2 Å². The highest BCUT2D eigenvalue weighted by Crippen LogP contribution is 2.31. The molecular weight excluding hydrogens is 346 g/mol. The summed E-state index contributed by atoms with van der Waals surface area (Å²) in [5.41, 5.74) is 3.12. The van der Waals surface area contributed by atoms with Crippen LogP contribution in [0.15, 0.2) is 64.2 Å². The molecule has 1 unspecified atom stereocenters. The molecule has 5 nitrogen and oxygen atoms in total. The molecule has 6 heteroatoms. The Bertz CT molecular complexity index is 910. The molecule has 4 rings (SSSR count). The van der Waals surface area contributed by atoms with Gasteiger partial charge in [0.1, 0.15) is 0 Å². The number of nitrogens with zero attached hydrogens (tertiary/aromatic N) is 3. The van der Waals surface area contributed by atoms with Gasteiger partial charge in [-0.05, 0) is 43.5 Å². The van der Waals surface area contributed by atoms with Crippen LogP contribution in [0, 0.1) is 0 Å². The number of fused-ring (bicyclic) bond motifs is 1. The van der Waals surface area contributed by atoms with Crippen molar-refractivity contribution in [1.82, 2.24) is 10.2 Å². The molecule has 26 heavy (non-hydrogen) atoms. The third-order valence-corrected chi connectivity index (χ3v) is 5.34. The Morgan fingerprint density at radius 3 is 2.77 bits per heavy atom. The zero-order valence-corrected chi connectivity index (χ0v) is 15.3. The van der Waals surface area contributed by atoms with Crippen molar-refractivity contribution in [3.05, 3.63) is 60.2 Å². The van der Waals surface area contributed by atoms with Crippen LogP contribution >= 0.6 is 11.8 Å². The molecule has 132 valence electrons. The first-order valence-electron chi connectivity index (χ1n) is 8.64. The van der Waals surface area contributed by atoms with Crippen molar-refractivity contribution < 1.29 is 9.21 Å². The Morgan fingerprint density at radius 2 is 1.92 bits per heavy atom. The van der Waals surface area contributed by atoms with Crippen molar-refractivity contribution in [3.63, 3.8) is 0 Å². The number of amides is 1. The number of hydrogen-bond donors (Lipinski definition) is 0. The van der Waals surface area contributed by atoms with Gasteiger partial charge in [0.2, 0.25) is 11.8 Å². The normalized spacial score (nSPS) is 16.3. The van der Waals surface area contributed by atoms with Crippen LogP contribution in [0.25, 0.3) is 11.5 Å². The minimum atomic E-state index is 0.0640. The molecule has 2 aromatic carbocycles. The van der Waals surface area contributed by atoms with Gasteiger partial charge < -0.3 is 9.32 Å². The van der Waals surface area contributed by atoms with Crippen LogP contribution in [0.2, 0.25) is 0 Å². The van der Waals surface area contributed by atoms with E-state index in [1.54, 1.807) is 0 Å². The minimum absolute atomic E-state index is 0.0640. The van der Waals surface area contributed by atoms with Crippen molar-refractivity contribution in [1.29, 1.82) is 0 Å². The number of benzene rings is 2. The smallest absolute Gasteiger partial charge is 0.277 e. The van der Waals surface area contributed by atoms with E-state index >= 15 is 0 Å². The lowest BCUT2D eigenvalue weighted by atomic mass is 9.97. The lowest BCUT2D eigenvalue weighted by molar-refractivity contribution is -0.116. The zero-order valence-electron chi connectivity index (χ0n) is 14.5. The van der Waals surface area contributed by atoms with E-state index < -0.39 is 0 Å². The monoisotopic (exact) mass is 365 g/mol. The predicted molar refractivity (Wildman–Crippen MR) is 102 cm³/mol. The summed E-state index contributed by atoms with van der Waals surface area (Å²) in [5, 5.41) is 8.53. The largest absolute Gasteiger partial charge is 0.411 e. The average Bonchev–Trinajstić information content (AvgIpc) is 3.16. The van der Waals surface area contributed by atoms with Crippen molar-refractivity contribution >= 4 is 23.4 Å². The van der Waals surface area contributed by atoms with Gasteiger partial charge in [0, 0.05) is 17.3 Å². The minimum Gasteiger partial charge on any atom is -0.411 e. The van der Waals surface area contributed by atoms with Gasteiger partial charge in [0.25, 0.3) is 5.22 Å². The zero-order chi connectivity index (χ0) is 17.9. The van der Waals surface area contributed by atoms with Gasteiger partial charge >= 0.3 is 0 Å². The highest BCUT2D eigenvalue weighted by molar-refractivity contribution is 7.99. The first kappa shape index (κ1) is 16.8. The molecular formula is C20H19N3O2S. The van der Waals surface area contributed by atoms with Crippen molar-refractivity contribution in [2.75, 3.05) is 10.7 Å². The molecule has 2 heterocycles. The summed E-state index contributed by atoms with van der Waals surface area (Å²) in [5.74, 6) is 0.807. The highest BCUT2D eigenvalue weighted by atomic mass is 32.2. The molecule has 1 amide bonds. The van der Waals surface area contributed by atoms with Gasteiger partial charge in [0.05, 0.1) is 5.75 Å². The maximum Gasteiger partial charge on any atom is 0.277 e. The van der Waals surface area contributed by atoms with Crippen molar-refractivity contribution in [3.8, 4) is 11.5 Å². The van der Waals surface area contributed by atoms with E-state index in [4.69, 9.17) is 4.42 Å². The van der Waals surface area contributed by atoms with Crippen LogP contribution in [0.1, 0.15) is 18.9 Å². The quantitative estimate of drug-likeness (QED) is 0.649. The van der Waals surface area contributed by atoms with E-state index in [1.165, 1.54) is 17.3 Å². The molecule has 3 aromatic rings. The number of carbonyl (C=O) groups is 1. The molecule has 1 aliphatic heterocycles. The summed E-state index contributed by atoms with van der Waals surface area (Å²) in [6.45, 7) is 2.10. The number of aryl methyl sites for hydroxylation is 1. The fraction of sp³-hybridized carbons (Fsp3) is 0.250. The fourth-order valence-electron chi connectivity index (χ4n) is 3.23. The summed E-state index contributed by atoms with van der Waals surface area (Å²) < 4.78 is 5.67. The SMILES string of the molecule is CC1CCc2ccccc2N1C(=O)CSc1nnc(-c2ccccc2)o1. The van der Waals surface area contributed by atoms with E-state index in [9.17, 15) is 4.79 Å². The summed E-state index contributed by atoms with van der Waals surface area (Å²) >= 11 is 1.28. The van der Waals surface area contributed by atoms with E-state index in [-0.39, 0.29) is 17.7 Å². The molecule has 1 atom stereocenters. The summed E-state index contributed by atoms with van der Waals surface area (Å²) in [7, 11) is 0. The van der Waals surface area contributed by atoms with Crippen LogP contribution in [0.3, 0.4) is 0 Å². The van der Waals surface area contributed by atoms with E-state index in [0.29, 0.717) is 11.1 Å². The maximum atomic E-state index is 12.8. The molecule has 1 aliphatic rings. The van der Waals surface area contributed by atoms with Crippen LogP contribution < -0.4 is 4.90 Å². The number of rotatable bonds is 4. The molecule has 0 bridgehead atoms. The Hall–Kier alpha value is -2.60. The van der Waals surface area contributed by atoms with Gasteiger partial charge in [-0.25, -0.2) is 0 Å². The summed E-state index contributed by atoms with van der Waals surface area (Å²) in [6, 6.07) is 17.9. The molecule has 1 aromatic heterocycles. The van der Waals surface area contributed by atoms with Crippen LogP contribution in [0.4, 0.5) is 5.69 Å². The number of thioether (sulfide) groups is 1. The van der Waals surface area contributed by atoms with Crippen molar-refractivity contribution in [2.45, 2.75) is 31.0 Å². The Balaban J connectivity index is 1.46. The molecule has 0 radical (unpaired) electrons. The first-order chi connectivity index (χ1) is 12.7. The third kappa shape index (κ3) is 3.37. The summed E-state index contributed by atoms with van der Waals surface area (Å²) in [6.07, 6.45) is 1.99. The fourth-order valence-corrected chi connectivity index (χ4v) is 3.85. The molecule has 0 saturated carbocycles. The Kier molecular flexibility index (Phi) is 4.75. The molecule has 0 N–H and O–H groups in total. The van der Waals surface area contributed by atoms with Gasteiger partial charge in [-0.3, -0.25) is 4.79 Å². The lowest BCUT2D eigenvalue weighted by Gasteiger charge is -2.35. The Labute approximate surface area is 156 Å². The number of anilines is 1. The Morgan fingerprint density at radius 1 is 1.15 bits per heavy atom. The number of para-hydroxylation sites is 1. The van der Waals surface area contributed by atoms with Crippen LogP contribution in [0.5, 0.6) is 0 Å². The molecule has 0 fully saturated rings. The van der Waals surface area contributed by atoms with E-state index in [1.807, 2.05) is 53.4 Å². The van der Waals surface area contributed by atoms with E-state index in [0.717, 1.165) is 24.1 Å². The second kappa shape index (κ2) is 7.33. The van der Waals surface area contributed by atoms with Gasteiger partial charge in [-0.2, -0.15) is 0 Å².